The normalized spacial score (nSPS) is 19.0. The van der Waals surface area contributed by atoms with Crippen molar-refractivity contribution < 1.29 is 65.7 Å². The number of nitrogens with two attached hydrogens (primary N) is 1. The van der Waals surface area contributed by atoms with E-state index in [2.05, 4.69) is 60.0 Å². The Morgan fingerprint density at radius 3 is 2.28 bits per heavy atom. The minimum Gasteiger partial charge on any atom is -0.791 e. The number of ketones is 2. The van der Waals surface area contributed by atoms with Gasteiger partial charge in [-0.2, -0.15) is 5.75 Å². The van der Waals surface area contributed by atoms with Crippen LogP contribution in [0, 0.1) is 17.8 Å². The number of rotatable bonds is 26. The summed E-state index contributed by atoms with van der Waals surface area (Å²) >= 11 is 4.79. The van der Waals surface area contributed by atoms with E-state index in [0.717, 1.165) is 91.1 Å². The minimum atomic E-state index is -1.11. The average molecular weight is 1240 g/mol. The molecule has 8 N–H and O–H groups in total. The Hall–Kier alpha value is -5.54. The number of hydrogen-bond acceptors (Lipinski definition) is 15. The van der Waals surface area contributed by atoms with Gasteiger partial charge in [0.25, 0.3) is 0 Å². The van der Waals surface area contributed by atoms with E-state index in [1.807, 2.05) is 32.1 Å². The van der Waals surface area contributed by atoms with E-state index in [1.54, 1.807) is 0 Å². The Morgan fingerprint density at radius 1 is 0.880 bits per heavy atom. The van der Waals surface area contributed by atoms with Gasteiger partial charge in [-0.1, -0.05) is 47.8 Å². The van der Waals surface area contributed by atoms with Crippen LogP contribution in [0.15, 0.2) is 119 Å². The molecule has 4 unspecified atom stereocenters. The van der Waals surface area contributed by atoms with E-state index in [-0.39, 0.29) is 118 Å². The molecule has 0 radical (unpaired) electrons. The summed E-state index contributed by atoms with van der Waals surface area (Å²) in [7, 11) is 0. The largest absolute Gasteiger partial charge is 1.00 e. The Balaban J connectivity index is 0.00000494. The molecular weight excluding hydrogens is 1160 g/mol. The summed E-state index contributed by atoms with van der Waals surface area (Å²) < 4.78 is 10.6. The number of Topliss-reactive ketones (excluding diaryl/α,β-unsaturated/α-hetero) is 2. The van der Waals surface area contributed by atoms with Crippen molar-refractivity contribution in [1.29, 1.82) is 0 Å². The number of nitrogens with one attached hydrogen (secondary N) is 5. The number of aliphatic hydroxyl groups excluding tert-OH is 1. The maximum Gasteiger partial charge on any atom is 1.00 e. The summed E-state index contributed by atoms with van der Waals surface area (Å²) in [6.45, 7) is 15.9. The van der Waals surface area contributed by atoms with Crippen LogP contribution in [0.3, 0.4) is 0 Å². The van der Waals surface area contributed by atoms with Gasteiger partial charge in [-0.15, -0.1) is 0 Å². The number of fused-ring (bicyclic) bond motifs is 5. The number of unbranched alkanes of at least 4 members (excludes halogenated alkanes) is 1. The molecule has 1 fully saturated rings. The minimum absolute atomic E-state index is 0. The molecule has 75 heavy (non-hydrogen) atoms. The van der Waals surface area contributed by atoms with Crippen LogP contribution < -0.4 is 32.3 Å². The van der Waals surface area contributed by atoms with Crippen LogP contribution in [0.2, 0.25) is 0 Å². The van der Waals surface area contributed by atoms with E-state index < -0.39 is 48.6 Å². The maximum atomic E-state index is 13.5. The SMILES string of the molecule is C.C.C=CC1=C(C)C2=NC1=CC1=NC(=CC3=C(C)C4=C(O)CC(=C5NC(=C2)C(C)C5CCC(=O)NCCCCC(C(=O)CNC(=O)CNC(=O)C(N)C[S-])C(=O)NCCOCCOCC(C)=O)C4=N3)C(CC)=C1C.[Au+]. The number of allylic oxidation sites excluding steroid dienone is 12. The first kappa shape index (κ1) is 63.8. The predicted octanol–water partition coefficient (Wildman–Crippen LogP) is 5.21. The van der Waals surface area contributed by atoms with Crippen molar-refractivity contribution in [1.82, 2.24) is 26.6 Å². The predicted molar refractivity (Wildman–Crippen MR) is 292 cm³/mol. The van der Waals surface area contributed by atoms with Crippen LogP contribution in [-0.2, 0) is 73.2 Å². The van der Waals surface area contributed by atoms with Gasteiger partial charge < -0.3 is 59.5 Å². The van der Waals surface area contributed by atoms with Gasteiger partial charge in [-0.05, 0) is 93.9 Å². The quantitative estimate of drug-likeness (QED) is 0.0255. The van der Waals surface area contributed by atoms with E-state index in [1.165, 1.54) is 6.92 Å². The van der Waals surface area contributed by atoms with E-state index in [0.29, 0.717) is 32.2 Å². The van der Waals surface area contributed by atoms with Crippen molar-refractivity contribution in [3.05, 3.63) is 104 Å². The van der Waals surface area contributed by atoms with Crippen molar-refractivity contribution >= 4 is 65.0 Å². The molecule has 20 heteroatoms. The van der Waals surface area contributed by atoms with Crippen LogP contribution >= 0.6 is 0 Å². The molecule has 0 spiro atoms. The third kappa shape index (κ3) is 15.8. The van der Waals surface area contributed by atoms with Gasteiger partial charge in [0.1, 0.15) is 12.4 Å². The fourth-order valence-electron chi connectivity index (χ4n) is 9.45. The first-order valence-corrected chi connectivity index (χ1v) is 25.2. The second-order valence-corrected chi connectivity index (χ2v) is 18.9. The standard InChI is InChI=1S/C53H69N9O9S.2CH4.Au/c1-8-33-29(4)39-21-41-31(6)35(50(61-41)37-20-45(64)49-32(7)42(62-51(37)49)23-44-34(9-2)30(5)40(60-44)22-43(33)59-39)13-14-47(66)55-15-11-10-12-36(52(68)56-16-17-70-18-19-71-26-28(3)63)46(65)24-57-48(67)25-58-53(69)38(54)27-72;;;/h8,21-23,31,35-36,38,61,64,72H,1,9-20,24-27,54H2,2-7H3,(H,55,66)(H,56,68)(H,57,67)(H,58,69);2*1H4;/q;;;+1/p-1. The van der Waals surface area contributed by atoms with E-state index in [9.17, 15) is 33.9 Å². The number of amides is 4. The average Bonchev–Trinajstić information content (AvgIpc) is 4.11. The molecule has 0 aromatic carbocycles. The van der Waals surface area contributed by atoms with Crippen molar-refractivity contribution in [2.24, 2.45) is 38.5 Å². The van der Waals surface area contributed by atoms with Crippen LogP contribution in [0.4, 0.5) is 0 Å². The number of nitrogens with zero attached hydrogens (tertiary/aromatic N) is 3. The van der Waals surface area contributed by atoms with E-state index in [4.69, 9.17) is 42.8 Å². The fourth-order valence-corrected chi connectivity index (χ4v) is 9.60. The Kier molecular flexibility index (Phi) is 25.2. The molecular formula is C55H76AuN9O9S. The van der Waals surface area contributed by atoms with Crippen LogP contribution in [0.5, 0.6) is 0 Å². The van der Waals surface area contributed by atoms with E-state index >= 15 is 0 Å². The molecule has 4 amide bonds. The molecule has 0 saturated carbocycles. The molecule has 1 saturated heterocycles. The third-order valence-corrected chi connectivity index (χ3v) is 13.9. The fraction of sp³-hybridized carbons (Fsp3) is 0.509. The summed E-state index contributed by atoms with van der Waals surface area (Å²) in [5.74, 6) is -3.62. The number of hydrogen-bond donors (Lipinski definition) is 7. The molecule has 5 heterocycles. The zero-order valence-corrected chi connectivity index (χ0v) is 45.5. The van der Waals surface area contributed by atoms with Crippen molar-refractivity contribution in [2.45, 2.75) is 107 Å². The first-order valence-electron chi connectivity index (χ1n) is 24.7. The zero-order valence-electron chi connectivity index (χ0n) is 42.5. The summed E-state index contributed by atoms with van der Waals surface area (Å²) in [4.78, 5) is 91.0. The molecule has 4 atom stereocenters. The van der Waals surface area contributed by atoms with Gasteiger partial charge in [-0.25, -0.2) is 15.0 Å². The first-order chi connectivity index (χ1) is 34.5. The monoisotopic (exact) mass is 1240 g/mol. The second kappa shape index (κ2) is 29.7. The van der Waals surface area contributed by atoms with Crippen LogP contribution in [0.25, 0.3) is 0 Å². The molecule has 6 rings (SSSR count). The zero-order chi connectivity index (χ0) is 52.2. The van der Waals surface area contributed by atoms with Crippen LogP contribution in [0.1, 0.15) is 101 Å². The summed E-state index contributed by atoms with van der Waals surface area (Å²) in [5.41, 5.74) is 18.8. The number of carbonyl (C=O) groups is 6. The molecule has 5 aliphatic heterocycles. The maximum absolute atomic E-state index is 13.5. The Bertz CT molecular complexity index is 2630. The van der Waals surface area contributed by atoms with Crippen molar-refractivity contribution in [3.8, 4) is 0 Å². The van der Waals surface area contributed by atoms with Gasteiger partial charge in [0.15, 0.2) is 11.6 Å². The van der Waals surface area contributed by atoms with Crippen molar-refractivity contribution in [2.75, 3.05) is 58.4 Å². The summed E-state index contributed by atoms with van der Waals surface area (Å²) in [6, 6.07) is -0.949. The van der Waals surface area contributed by atoms with Crippen molar-refractivity contribution in [3.63, 3.8) is 0 Å². The summed E-state index contributed by atoms with van der Waals surface area (Å²) in [6.07, 6.45) is 10.8. The number of ether oxygens (including phenoxy) is 2. The molecule has 8 bridgehead atoms. The van der Waals surface area contributed by atoms with Gasteiger partial charge in [0, 0.05) is 65.9 Å². The van der Waals surface area contributed by atoms with Gasteiger partial charge >= 0.3 is 22.4 Å². The summed E-state index contributed by atoms with van der Waals surface area (Å²) in [5, 5.41) is 25.8. The number of aliphatic hydroxyl groups is 1. The van der Waals surface area contributed by atoms with Gasteiger partial charge in [0.2, 0.25) is 23.6 Å². The number of carbonyl (C=O) groups excluding carboxylic acids is 6. The Labute approximate surface area is 463 Å². The third-order valence-electron chi connectivity index (χ3n) is 13.6. The Morgan fingerprint density at radius 2 is 1.59 bits per heavy atom. The molecule has 0 aromatic heterocycles. The molecule has 1 aliphatic carbocycles. The van der Waals surface area contributed by atoms with Gasteiger partial charge in [0.05, 0.1) is 79.1 Å². The van der Waals surface area contributed by atoms with Gasteiger partial charge in [-0.3, -0.25) is 28.8 Å². The molecule has 18 nitrogen and oxygen atoms in total. The van der Waals surface area contributed by atoms with Crippen LogP contribution in [-0.4, -0.2) is 122 Å². The second-order valence-electron chi connectivity index (χ2n) is 18.6. The molecule has 6 aliphatic rings. The smallest absolute Gasteiger partial charge is 0.791 e. The number of aliphatic imine (C=N–C) groups is 3. The topological polar surface area (TPSA) is 264 Å². The molecule has 412 valence electrons. The molecule has 0 aromatic rings.